The molecule has 2 aromatic heterocycles. The monoisotopic (exact) mass is 622 g/mol. The van der Waals surface area contributed by atoms with Gasteiger partial charge in [-0.1, -0.05) is 66.2 Å². The topological polar surface area (TPSA) is 115 Å². The number of pyridine rings is 1. The summed E-state index contributed by atoms with van der Waals surface area (Å²) >= 11 is 8.64. The number of aromatic nitrogens is 3. The SMILES string of the molecule is CCCCOc1ccc(C2C(=C(O)c3ccncc3)C(=O)C(=O)N2c2nnc(SCc3ccc(Cl)cc3)s2)cc1OC. The van der Waals surface area contributed by atoms with Crippen molar-refractivity contribution in [1.29, 1.82) is 0 Å². The molecule has 12 heteroatoms. The number of benzene rings is 2. The van der Waals surface area contributed by atoms with Gasteiger partial charge in [0.05, 0.1) is 25.3 Å². The van der Waals surface area contributed by atoms with Gasteiger partial charge >= 0.3 is 5.91 Å². The summed E-state index contributed by atoms with van der Waals surface area (Å²) in [7, 11) is 1.52. The van der Waals surface area contributed by atoms with Crippen molar-refractivity contribution in [3.63, 3.8) is 0 Å². The third-order valence-corrected chi connectivity index (χ3v) is 8.91. The number of unbranched alkanes of at least 4 members (excludes halogenated alkanes) is 1. The second-order valence-corrected chi connectivity index (χ2v) is 11.9. The number of thioether (sulfide) groups is 1. The molecule has 216 valence electrons. The Morgan fingerprint density at radius 2 is 1.83 bits per heavy atom. The Balaban J connectivity index is 1.54. The highest BCUT2D eigenvalue weighted by Crippen LogP contribution is 2.45. The second kappa shape index (κ2) is 13.4. The fourth-order valence-electron chi connectivity index (χ4n) is 4.39. The van der Waals surface area contributed by atoms with Crippen LogP contribution in [0.1, 0.15) is 42.5 Å². The number of rotatable bonds is 11. The van der Waals surface area contributed by atoms with Crippen molar-refractivity contribution in [3.8, 4) is 11.5 Å². The fraction of sp³-hybridized carbons (Fsp3) is 0.233. The quantitative estimate of drug-likeness (QED) is 0.0487. The number of aliphatic hydroxyl groups excluding tert-OH is 1. The summed E-state index contributed by atoms with van der Waals surface area (Å²) in [6, 6.07) is 14.9. The van der Waals surface area contributed by atoms with Crippen LogP contribution >= 0.6 is 34.7 Å². The van der Waals surface area contributed by atoms with Crippen LogP contribution in [0.25, 0.3) is 5.76 Å². The minimum absolute atomic E-state index is 0.0709. The highest BCUT2D eigenvalue weighted by molar-refractivity contribution is 8.00. The van der Waals surface area contributed by atoms with Crippen molar-refractivity contribution >= 4 is 57.3 Å². The third-order valence-electron chi connectivity index (χ3n) is 6.53. The molecule has 0 spiro atoms. The van der Waals surface area contributed by atoms with Crippen LogP contribution in [0.15, 0.2) is 76.9 Å². The van der Waals surface area contributed by atoms with Gasteiger partial charge in [-0.2, -0.15) is 0 Å². The molecule has 1 N–H and O–H groups in total. The van der Waals surface area contributed by atoms with E-state index in [1.54, 1.807) is 30.3 Å². The number of halogens is 1. The lowest BCUT2D eigenvalue weighted by atomic mass is 9.95. The van der Waals surface area contributed by atoms with E-state index in [9.17, 15) is 14.7 Å². The van der Waals surface area contributed by atoms with Crippen LogP contribution in [0, 0.1) is 0 Å². The number of nitrogens with zero attached hydrogens (tertiary/aromatic N) is 4. The van der Waals surface area contributed by atoms with Crippen molar-refractivity contribution in [3.05, 3.63) is 94.3 Å². The highest BCUT2D eigenvalue weighted by Gasteiger charge is 2.48. The third kappa shape index (κ3) is 6.28. The zero-order valence-corrected chi connectivity index (χ0v) is 25.2. The Morgan fingerprint density at radius 1 is 1.07 bits per heavy atom. The van der Waals surface area contributed by atoms with Gasteiger partial charge in [0.25, 0.3) is 5.78 Å². The Labute approximate surface area is 256 Å². The molecule has 4 aromatic rings. The largest absolute Gasteiger partial charge is 0.507 e. The number of aliphatic hydroxyl groups is 1. The van der Waals surface area contributed by atoms with E-state index in [1.165, 1.54) is 47.5 Å². The molecule has 0 radical (unpaired) electrons. The van der Waals surface area contributed by atoms with Gasteiger partial charge < -0.3 is 14.6 Å². The molecule has 42 heavy (non-hydrogen) atoms. The van der Waals surface area contributed by atoms with E-state index in [-0.39, 0.29) is 16.5 Å². The first kappa shape index (κ1) is 29.6. The van der Waals surface area contributed by atoms with Gasteiger partial charge in [-0.3, -0.25) is 19.5 Å². The molecule has 1 saturated heterocycles. The summed E-state index contributed by atoms with van der Waals surface area (Å²) in [6.07, 6.45) is 4.86. The van der Waals surface area contributed by atoms with Gasteiger partial charge in [0.15, 0.2) is 15.8 Å². The van der Waals surface area contributed by atoms with Crippen LogP contribution < -0.4 is 14.4 Å². The second-order valence-electron chi connectivity index (χ2n) is 9.28. The van der Waals surface area contributed by atoms with Crippen molar-refractivity contribution in [2.45, 2.75) is 35.9 Å². The maximum atomic E-state index is 13.5. The van der Waals surface area contributed by atoms with E-state index in [2.05, 4.69) is 22.1 Å². The average Bonchev–Trinajstić information content (AvgIpc) is 3.59. The summed E-state index contributed by atoms with van der Waals surface area (Å²) in [5, 5.41) is 20.7. The highest BCUT2D eigenvalue weighted by atomic mass is 35.5. The molecule has 1 aliphatic rings. The van der Waals surface area contributed by atoms with Crippen molar-refractivity contribution in [2.75, 3.05) is 18.6 Å². The molecule has 1 unspecified atom stereocenters. The van der Waals surface area contributed by atoms with E-state index in [0.717, 1.165) is 18.4 Å². The molecule has 1 fully saturated rings. The summed E-state index contributed by atoms with van der Waals surface area (Å²) in [6.45, 7) is 2.60. The molecule has 1 atom stereocenters. The number of methoxy groups -OCH3 is 1. The van der Waals surface area contributed by atoms with Gasteiger partial charge in [-0.15, -0.1) is 10.2 Å². The Morgan fingerprint density at radius 3 is 2.55 bits per heavy atom. The number of ketones is 1. The van der Waals surface area contributed by atoms with E-state index < -0.39 is 17.7 Å². The Bertz CT molecular complexity index is 1610. The molecule has 9 nitrogen and oxygen atoms in total. The number of carbonyl (C=O) groups is 2. The standard InChI is InChI=1S/C30H27ClN4O5S2/c1-3-4-15-40-22-10-7-20(16-23(22)39-2)25-24(26(36)19-11-13-32-14-12-19)27(37)28(38)35(25)29-33-34-30(42-29)41-17-18-5-8-21(31)9-6-18/h5-14,16,25,36H,3-4,15,17H2,1-2H3. The number of hydrogen-bond donors (Lipinski definition) is 1. The Kier molecular flexibility index (Phi) is 9.41. The molecular weight excluding hydrogens is 596 g/mol. The molecule has 0 aliphatic carbocycles. The summed E-state index contributed by atoms with van der Waals surface area (Å²) in [5.41, 5.74) is 1.87. The first-order valence-corrected chi connectivity index (χ1v) is 15.3. The van der Waals surface area contributed by atoms with Crippen LogP contribution in [0.5, 0.6) is 11.5 Å². The van der Waals surface area contributed by atoms with Crippen molar-refractivity contribution < 1.29 is 24.2 Å². The molecular formula is C30H27ClN4O5S2. The minimum atomic E-state index is -0.987. The first-order chi connectivity index (χ1) is 20.4. The van der Waals surface area contributed by atoms with Gasteiger partial charge in [0.2, 0.25) is 5.13 Å². The molecule has 0 saturated carbocycles. The van der Waals surface area contributed by atoms with E-state index in [4.69, 9.17) is 21.1 Å². The average molecular weight is 623 g/mol. The number of anilines is 1. The molecule has 0 bridgehead atoms. The molecule has 1 amide bonds. The van der Waals surface area contributed by atoms with Crippen LogP contribution in [0.4, 0.5) is 5.13 Å². The summed E-state index contributed by atoms with van der Waals surface area (Å²) < 4.78 is 12.1. The lowest BCUT2D eigenvalue weighted by Gasteiger charge is -2.23. The van der Waals surface area contributed by atoms with Gasteiger partial charge in [0.1, 0.15) is 5.76 Å². The minimum Gasteiger partial charge on any atom is -0.507 e. The van der Waals surface area contributed by atoms with Gasteiger partial charge in [-0.25, -0.2) is 0 Å². The van der Waals surface area contributed by atoms with Crippen LogP contribution in [-0.4, -0.2) is 45.7 Å². The van der Waals surface area contributed by atoms with E-state index >= 15 is 0 Å². The number of ether oxygens (including phenoxy) is 2. The number of hydrogen-bond acceptors (Lipinski definition) is 10. The zero-order valence-electron chi connectivity index (χ0n) is 22.8. The van der Waals surface area contributed by atoms with Gasteiger partial charge in [0, 0.05) is 28.7 Å². The molecule has 1 aliphatic heterocycles. The van der Waals surface area contributed by atoms with Crippen molar-refractivity contribution in [2.24, 2.45) is 0 Å². The Hall–Kier alpha value is -3.93. The number of amides is 1. The first-order valence-electron chi connectivity index (χ1n) is 13.1. The maximum Gasteiger partial charge on any atom is 0.301 e. The predicted octanol–water partition coefficient (Wildman–Crippen LogP) is 6.69. The lowest BCUT2D eigenvalue weighted by Crippen LogP contribution is -2.29. The zero-order chi connectivity index (χ0) is 29.6. The summed E-state index contributed by atoms with van der Waals surface area (Å²) in [5.74, 6) is -0.364. The van der Waals surface area contributed by atoms with Gasteiger partial charge in [-0.05, 0) is 53.9 Å². The van der Waals surface area contributed by atoms with Crippen LogP contribution in [0.2, 0.25) is 5.02 Å². The lowest BCUT2D eigenvalue weighted by molar-refractivity contribution is -0.132. The molecule has 2 aromatic carbocycles. The van der Waals surface area contributed by atoms with Crippen LogP contribution in [-0.2, 0) is 15.3 Å². The molecule has 5 rings (SSSR count). The number of Topliss-reactive ketones (excluding diaryl/α,β-unsaturated/α-hetero) is 1. The van der Waals surface area contributed by atoms with E-state index in [0.29, 0.717) is 44.3 Å². The van der Waals surface area contributed by atoms with Crippen molar-refractivity contribution in [1.82, 2.24) is 15.2 Å². The van der Waals surface area contributed by atoms with E-state index in [1.807, 2.05) is 24.3 Å². The predicted molar refractivity (Wildman–Crippen MR) is 163 cm³/mol. The van der Waals surface area contributed by atoms with Crippen LogP contribution in [0.3, 0.4) is 0 Å². The smallest absolute Gasteiger partial charge is 0.301 e. The maximum absolute atomic E-state index is 13.5. The fourth-order valence-corrected chi connectivity index (χ4v) is 6.34. The number of carbonyl (C=O) groups excluding carboxylic acids is 2. The normalized spacial score (nSPS) is 16.2. The summed E-state index contributed by atoms with van der Waals surface area (Å²) in [4.78, 5) is 32.3. The molecule has 3 heterocycles.